The molecular formula is C20H20N2O3. The molecule has 0 aliphatic heterocycles. The van der Waals surface area contributed by atoms with E-state index in [-0.39, 0.29) is 30.9 Å². The van der Waals surface area contributed by atoms with Crippen molar-refractivity contribution in [3.8, 4) is 17.2 Å². The summed E-state index contributed by atoms with van der Waals surface area (Å²) < 4.78 is 5.03. The van der Waals surface area contributed by atoms with Crippen LogP contribution in [0.3, 0.4) is 0 Å². The number of esters is 1. The van der Waals surface area contributed by atoms with Crippen molar-refractivity contribution in [2.24, 2.45) is 0 Å². The lowest BCUT2D eigenvalue weighted by Crippen LogP contribution is -2.27. The Kier molecular flexibility index (Phi) is 6.30. The van der Waals surface area contributed by atoms with Crippen LogP contribution in [0.15, 0.2) is 48.5 Å². The van der Waals surface area contributed by atoms with Crippen molar-refractivity contribution in [1.29, 1.82) is 5.26 Å². The Bertz CT molecular complexity index is 807. The van der Waals surface area contributed by atoms with Gasteiger partial charge in [0.15, 0.2) is 0 Å². The number of hydrogen-bond acceptors (Lipinski definition) is 4. The minimum atomic E-state index is -0.349. The van der Waals surface area contributed by atoms with Gasteiger partial charge in [-0.25, -0.2) is 0 Å². The summed E-state index contributed by atoms with van der Waals surface area (Å²) in [6, 6.07) is 16.4. The molecule has 0 radical (unpaired) electrons. The molecule has 128 valence electrons. The number of carbonyl (C=O) groups is 2. The third-order valence-corrected chi connectivity index (χ3v) is 3.49. The zero-order valence-electron chi connectivity index (χ0n) is 14.3. The van der Waals surface area contributed by atoms with Gasteiger partial charge in [0.1, 0.15) is 0 Å². The van der Waals surface area contributed by atoms with Crippen LogP contribution in [-0.2, 0) is 9.53 Å². The lowest BCUT2D eigenvalue weighted by molar-refractivity contribution is -0.147. The van der Waals surface area contributed by atoms with E-state index in [0.29, 0.717) is 22.3 Å². The van der Waals surface area contributed by atoms with Crippen LogP contribution in [0.5, 0.6) is 0 Å². The van der Waals surface area contributed by atoms with Gasteiger partial charge in [0.25, 0.3) is 5.91 Å². The van der Waals surface area contributed by atoms with E-state index in [0.717, 1.165) is 0 Å². The van der Waals surface area contributed by atoms with Crippen LogP contribution in [0, 0.1) is 11.3 Å². The molecule has 0 saturated heterocycles. The lowest BCUT2D eigenvalue weighted by atomic mass is 9.95. The second kappa shape index (κ2) is 8.65. The van der Waals surface area contributed by atoms with Gasteiger partial charge < -0.3 is 10.1 Å². The lowest BCUT2D eigenvalue weighted by Gasteiger charge is -2.12. The molecule has 25 heavy (non-hydrogen) atoms. The second-order valence-corrected chi connectivity index (χ2v) is 5.75. The number of hydrogen-bond donors (Lipinski definition) is 1. The Morgan fingerprint density at radius 2 is 1.72 bits per heavy atom. The molecule has 2 aromatic rings. The van der Waals surface area contributed by atoms with Gasteiger partial charge >= 0.3 is 5.97 Å². The monoisotopic (exact) mass is 336 g/mol. The molecule has 5 nitrogen and oxygen atoms in total. The summed E-state index contributed by atoms with van der Waals surface area (Å²) in [7, 11) is 0. The van der Waals surface area contributed by atoms with E-state index in [2.05, 4.69) is 11.4 Å². The first-order valence-electron chi connectivity index (χ1n) is 8.09. The van der Waals surface area contributed by atoms with E-state index in [1.54, 1.807) is 44.2 Å². The van der Waals surface area contributed by atoms with Crippen LogP contribution < -0.4 is 5.32 Å². The Morgan fingerprint density at radius 3 is 2.40 bits per heavy atom. The fourth-order valence-electron chi connectivity index (χ4n) is 2.43. The second-order valence-electron chi connectivity index (χ2n) is 5.75. The van der Waals surface area contributed by atoms with Crippen molar-refractivity contribution < 1.29 is 14.3 Å². The molecule has 0 spiro atoms. The molecule has 0 saturated carbocycles. The van der Waals surface area contributed by atoms with Crippen molar-refractivity contribution in [1.82, 2.24) is 5.32 Å². The van der Waals surface area contributed by atoms with Crippen molar-refractivity contribution in [2.45, 2.75) is 26.4 Å². The first-order valence-corrected chi connectivity index (χ1v) is 8.09. The molecule has 0 aliphatic rings. The summed E-state index contributed by atoms with van der Waals surface area (Å²) >= 11 is 0. The van der Waals surface area contributed by atoms with Crippen LogP contribution in [0.1, 0.15) is 36.2 Å². The predicted octanol–water partition coefficient (Wildman–Crippen LogP) is 3.30. The largest absolute Gasteiger partial charge is 0.463 e. The first-order chi connectivity index (χ1) is 12.0. The molecular weight excluding hydrogens is 316 g/mol. The minimum Gasteiger partial charge on any atom is -0.463 e. The fraction of sp³-hybridized carbons (Fsp3) is 0.250. The zero-order chi connectivity index (χ0) is 18.2. The van der Waals surface area contributed by atoms with Gasteiger partial charge in [-0.15, -0.1) is 0 Å². The Balaban J connectivity index is 2.14. The van der Waals surface area contributed by atoms with Crippen LogP contribution in [-0.4, -0.2) is 24.5 Å². The maximum absolute atomic E-state index is 12.5. The van der Waals surface area contributed by atoms with Gasteiger partial charge in [-0.3, -0.25) is 9.59 Å². The quantitative estimate of drug-likeness (QED) is 0.821. The van der Waals surface area contributed by atoms with Crippen LogP contribution in [0.25, 0.3) is 11.1 Å². The fourth-order valence-corrected chi connectivity index (χ4v) is 2.43. The number of carbonyl (C=O) groups excluding carboxylic acids is 2. The molecule has 0 atom stereocenters. The molecule has 1 N–H and O–H groups in total. The summed E-state index contributed by atoms with van der Waals surface area (Å²) in [4.78, 5) is 24.0. The molecule has 0 aliphatic carbocycles. The molecule has 0 unspecified atom stereocenters. The highest BCUT2D eigenvalue weighted by Gasteiger charge is 2.15. The van der Waals surface area contributed by atoms with E-state index in [1.807, 2.05) is 18.2 Å². The Morgan fingerprint density at radius 1 is 1.08 bits per heavy atom. The number of nitrogens with zero attached hydrogens (tertiary/aromatic N) is 1. The number of rotatable bonds is 6. The Hall–Kier alpha value is -3.13. The van der Waals surface area contributed by atoms with Crippen LogP contribution in [0.2, 0.25) is 0 Å². The van der Waals surface area contributed by atoms with E-state index >= 15 is 0 Å². The van der Waals surface area contributed by atoms with Gasteiger partial charge in [-0.2, -0.15) is 5.26 Å². The van der Waals surface area contributed by atoms with Gasteiger partial charge in [0.2, 0.25) is 0 Å². The van der Waals surface area contributed by atoms with Crippen molar-refractivity contribution in [3.63, 3.8) is 0 Å². The average Bonchev–Trinajstić information content (AvgIpc) is 2.61. The number of nitrogens with one attached hydrogen (secondary N) is 1. The molecule has 1 amide bonds. The smallest absolute Gasteiger partial charge is 0.307 e. The van der Waals surface area contributed by atoms with Crippen molar-refractivity contribution in [2.75, 3.05) is 6.54 Å². The van der Waals surface area contributed by atoms with E-state index in [1.165, 1.54) is 0 Å². The Labute approximate surface area is 147 Å². The third-order valence-electron chi connectivity index (χ3n) is 3.49. The molecule has 0 heterocycles. The predicted molar refractivity (Wildman–Crippen MR) is 94.8 cm³/mol. The summed E-state index contributed by atoms with van der Waals surface area (Å²) in [6.07, 6.45) is -0.0626. The molecule has 5 heteroatoms. The third kappa shape index (κ3) is 4.92. The maximum atomic E-state index is 12.5. The van der Waals surface area contributed by atoms with Crippen molar-refractivity contribution >= 4 is 11.9 Å². The maximum Gasteiger partial charge on any atom is 0.307 e. The van der Waals surface area contributed by atoms with E-state index in [9.17, 15) is 14.9 Å². The molecule has 0 bridgehead atoms. The summed E-state index contributed by atoms with van der Waals surface area (Å²) in [5.41, 5.74) is 2.35. The molecule has 2 aromatic carbocycles. The SMILES string of the molecule is CC(C)OC(=O)CCNC(=O)c1ccccc1-c1ccccc1C#N. The van der Waals surface area contributed by atoms with Gasteiger partial charge in [0, 0.05) is 17.7 Å². The highest BCUT2D eigenvalue weighted by molar-refractivity contribution is 6.01. The summed E-state index contributed by atoms with van der Waals surface area (Å²) in [6.45, 7) is 3.75. The normalized spacial score (nSPS) is 10.2. The summed E-state index contributed by atoms with van der Waals surface area (Å²) in [5.74, 6) is -0.640. The first kappa shape index (κ1) is 18.2. The molecule has 2 rings (SSSR count). The molecule has 0 aromatic heterocycles. The van der Waals surface area contributed by atoms with Crippen LogP contribution >= 0.6 is 0 Å². The molecule has 0 fully saturated rings. The topological polar surface area (TPSA) is 79.2 Å². The van der Waals surface area contributed by atoms with Crippen LogP contribution in [0.4, 0.5) is 0 Å². The van der Waals surface area contributed by atoms with E-state index in [4.69, 9.17) is 4.74 Å². The minimum absolute atomic E-state index is 0.112. The number of benzene rings is 2. The van der Waals surface area contributed by atoms with Gasteiger partial charge in [-0.1, -0.05) is 36.4 Å². The standard InChI is InChI=1S/C20H20N2O3/c1-14(2)25-19(23)11-12-22-20(24)18-10-6-5-9-17(18)16-8-4-3-7-15(16)13-21/h3-10,14H,11-12H2,1-2H3,(H,22,24). The number of nitriles is 1. The average molecular weight is 336 g/mol. The highest BCUT2D eigenvalue weighted by Crippen LogP contribution is 2.26. The highest BCUT2D eigenvalue weighted by atomic mass is 16.5. The van der Waals surface area contributed by atoms with Gasteiger partial charge in [-0.05, 0) is 31.5 Å². The summed E-state index contributed by atoms with van der Waals surface area (Å²) in [5, 5.41) is 12.0. The van der Waals surface area contributed by atoms with Gasteiger partial charge in [0.05, 0.1) is 24.2 Å². The van der Waals surface area contributed by atoms with Crippen molar-refractivity contribution in [3.05, 3.63) is 59.7 Å². The zero-order valence-corrected chi connectivity index (χ0v) is 14.3. The van der Waals surface area contributed by atoms with E-state index < -0.39 is 0 Å². The number of amides is 1. The number of ether oxygens (including phenoxy) is 1.